The summed E-state index contributed by atoms with van der Waals surface area (Å²) < 4.78 is 6.19. The lowest BCUT2D eigenvalue weighted by Gasteiger charge is -2.05. The number of carbonyl (C=O) groups excluding carboxylic acids is 1. The van der Waals surface area contributed by atoms with E-state index in [2.05, 4.69) is 30.2 Å². The largest absolute Gasteiger partial charge is 0.497 e. The predicted molar refractivity (Wildman–Crippen MR) is 94.7 cm³/mol. The van der Waals surface area contributed by atoms with Crippen LogP contribution >= 0.6 is 11.3 Å². The third-order valence-electron chi connectivity index (χ3n) is 3.64. The Labute approximate surface area is 139 Å². The second-order valence-electron chi connectivity index (χ2n) is 5.55. The first-order valence-electron chi connectivity index (χ1n) is 7.43. The lowest BCUT2D eigenvalue weighted by atomic mass is 10.0. The van der Waals surface area contributed by atoms with Gasteiger partial charge in [0.05, 0.1) is 17.3 Å². The molecule has 5 heteroatoms. The molecule has 1 amide bonds. The number of amides is 1. The Balaban J connectivity index is 1.86. The average Bonchev–Trinajstić information content (AvgIpc) is 2.96. The summed E-state index contributed by atoms with van der Waals surface area (Å²) in [5.41, 5.74) is 2.75. The molecule has 3 rings (SSSR count). The van der Waals surface area contributed by atoms with E-state index in [0.29, 0.717) is 16.6 Å². The van der Waals surface area contributed by atoms with Crippen molar-refractivity contribution in [2.75, 3.05) is 12.4 Å². The third-order valence-corrected chi connectivity index (χ3v) is 4.58. The van der Waals surface area contributed by atoms with E-state index in [1.54, 1.807) is 31.4 Å². The van der Waals surface area contributed by atoms with Gasteiger partial charge >= 0.3 is 0 Å². The molecule has 0 aliphatic heterocycles. The smallest absolute Gasteiger partial charge is 0.257 e. The second-order valence-corrected chi connectivity index (χ2v) is 6.58. The van der Waals surface area contributed by atoms with E-state index < -0.39 is 0 Å². The number of hydrogen-bond acceptors (Lipinski definition) is 4. The van der Waals surface area contributed by atoms with Crippen LogP contribution in [0.4, 0.5) is 5.13 Å². The van der Waals surface area contributed by atoms with Gasteiger partial charge in [0.1, 0.15) is 5.75 Å². The molecule has 0 saturated carbocycles. The van der Waals surface area contributed by atoms with Crippen LogP contribution < -0.4 is 10.1 Å². The van der Waals surface area contributed by atoms with E-state index in [9.17, 15) is 4.79 Å². The molecule has 1 aromatic heterocycles. The molecule has 118 valence electrons. The molecular weight excluding hydrogens is 308 g/mol. The molecule has 0 radical (unpaired) electrons. The zero-order valence-electron chi connectivity index (χ0n) is 13.3. The highest BCUT2D eigenvalue weighted by atomic mass is 32.1. The first-order valence-corrected chi connectivity index (χ1v) is 8.25. The number of carbonyl (C=O) groups is 1. The number of benzene rings is 2. The molecule has 0 aliphatic carbocycles. The Morgan fingerprint density at radius 1 is 1.17 bits per heavy atom. The summed E-state index contributed by atoms with van der Waals surface area (Å²) in [5, 5.41) is 3.50. The van der Waals surface area contributed by atoms with E-state index in [-0.39, 0.29) is 5.91 Å². The summed E-state index contributed by atoms with van der Waals surface area (Å²) in [5.74, 6) is 0.951. The molecule has 0 saturated heterocycles. The van der Waals surface area contributed by atoms with Gasteiger partial charge in [0.25, 0.3) is 5.91 Å². The van der Waals surface area contributed by atoms with Crippen LogP contribution in [0.15, 0.2) is 42.5 Å². The summed E-state index contributed by atoms with van der Waals surface area (Å²) >= 11 is 1.49. The number of hydrogen-bond donors (Lipinski definition) is 1. The van der Waals surface area contributed by atoms with Gasteiger partial charge in [-0.3, -0.25) is 10.1 Å². The summed E-state index contributed by atoms with van der Waals surface area (Å²) in [6.07, 6.45) is 0. The fraction of sp³-hybridized carbons (Fsp3) is 0.222. The highest BCUT2D eigenvalue weighted by Gasteiger charge is 2.13. The molecule has 3 aromatic rings. The monoisotopic (exact) mass is 326 g/mol. The van der Waals surface area contributed by atoms with Crippen LogP contribution in [0.25, 0.3) is 10.2 Å². The second kappa shape index (κ2) is 6.38. The van der Waals surface area contributed by atoms with Crippen molar-refractivity contribution in [1.29, 1.82) is 0 Å². The van der Waals surface area contributed by atoms with E-state index in [1.807, 2.05) is 12.1 Å². The van der Waals surface area contributed by atoms with Gasteiger partial charge in [-0.15, -0.1) is 0 Å². The Bertz CT molecular complexity index is 838. The summed E-state index contributed by atoms with van der Waals surface area (Å²) in [7, 11) is 1.60. The first kappa shape index (κ1) is 15.5. The predicted octanol–water partition coefficient (Wildman–Crippen LogP) is 4.68. The van der Waals surface area contributed by atoms with Crippen molar-refractivity contribution in [1.82, 2.24) is 4.98 Å². The molecule has 0 unspecified atom stereocenters. The van der Waals surface area contributed by atoms with Crippen molar-refractivity contribution >= 4 is 32.6 Å². The van der Waals surface area contributed by atoms with Gasteiger partial charge in [0.15, 0.2) is 5.13 Å². The van der Waals surface area contributed by atoms with Crippen LogP contribution in [0.3, 0.4) is 0 Å². The summed E-state index contributed by atoms with van der Waals surface area (Å²) in [6.45, 7) is 4.29. The molecule has 4 nitrogen and oxygen atoms in total. The van der Waals surface area contributed by atoms with Crippen molar-refractivity contribution in [3.63, 3.8) is 0 Å². The number of rotatable bonds is 4. The van der Waals surface area contributed by atoms with Crippen LogP contribution in [0.2, 0.25) is 0 Å². The maximum atomic E-state index is 12.3. The van der Waals surface area contributed by atoms with Crippen LogP contribution in [0.5, 0.6) is 5.75 Å². The molecule has 23 heavy (non-hydrogen) atoms. The Hall–Kier alpha value is -2.40. The molecule has 1 N–H and O–H groups in total. The van der Waals surface area contributed by atoms with Crippen molar-refractivity contribution < 1.29 is 9.53 Å². The van der Waals surface area contributed by atoms with E-state index in [4.69, 9.17) is 4.74 Å². The number of para-hydroxylation sites is 1. The SMILES string of the molecule is COc1ccc(C(=O)Nc2nc3c(C(C)C)cccc3s2)cc1. The number of fused-ring (bicyclic) bond motifs is 1. The summed E-state index contributed by atoms with van der Waals surface area (Å²) in [6, 6.07) is 13.2. The Morgan fingerprint density at radius 3 is 2.57 bits per heavy atom. The number of methoxy groups -OCH3 is 1. The van der Waals surface area contributed by atoms with Gasteiger partial charge in [-0.05, 0) is 41.8 Å². The highest BCUT2D eigenvalue weighted by Crippen LogP contribution is 2.31. The zero-order chi connectivity index (χ0) is 16.4. The normalized spacial score (nSPS) is 11.0. The lowest BCUT2D eigenvalue weighted by molar-refractivity contribution is 0.102. The maximum Gasteiger partial charge on any atom is 0.257 e. The molecule has 0 fully saturated rings. The molecule has 1 heterocycles. The van der Waals surface area contributed by atoms with Crippen LogP contribution in [0.1, 0.15) is 35.7 Å². The third kappa shape index (κ3) is 3.19. The number of anilines is 1. The molecule has 0 aliphatic rings. The number of nitrogens with one attached hydrogen (secondary N) is 1. The minimum absolute atomic E-state index is 0.169. The van der Waals surface area contributed by atoms with Crippen LogP contribution in [0, 0.1) is 0 Å². The summed E-state index contributed by atoms with van der Waals surface area (Å²) in [4.78, 5) is 16.9. The number of ether oxygens (including phenoxy) is 1. The quantitative estimate of drug-likeness (QED) is 0.757. The van der Waals surface area contributed by atoms with Crippen LogP contribution in [-0.2, 0) is 0 Å². The van der Waals surface area contributed by atoms with E-state index >= 15 is 0 Å². The fourth-order valence-corrected chi connectivity index (χ4v) is 3.30. The van der Waals surface area contributed by atoms with Crippen LogP contribution in [-0.4, -0.2) is 18.0 Å². The highest BCUT2D eigenvalue weighted by molar-refractivity contribution is 7.22. The van der Waals surface area contributed by atoms with Crippen molar-refractivity contribution in [2.45, 2.75) is 19.8 Å². The lowest BCUT2D eigenvalue weighted by Crippen LogP contribution is -2.11. The van der Waals surface area contributed by atoms with Gasteiger partial charge in [-0.1, -0.05) is 37.3 Å². The molecular formula is C18H18N2O2S. The van der Waals surface area contributed by atoms with Gasteiger partial charge in [-0.2, -0.15) is 0 Å². The standard InChI is InChI=1S/C18H18N2O2S/c1-11(2)14-5-4-6-15-16(14)19-18(23-15)20-17(21)12-7-9-13(22-3)10-8-12/h4-11H,1-3H3,(H,19,20,21). The minimum Gasteiger partial charge on any atom is -0.497 e. The van der Waals surface area contributed by atoms with E-state index in [1.165, 1.54) is 16.9 Å². The number of aromatic nitrogens is 1. The van der Waals surface area contributed by atoms with E-state index in [0.717, 1.165) is 16.0 Å². The Morgan fingerprint density at radius 2 is 1.91 bits per heavy atom. The molecule has 0 atom stereocenters. The molecule has 2 aromatic carbocycles. The number of thiazole rings is 1. The van der Waals surface area contributed by atoms with Crippen molar-refractivity contribution in [2.24, 2.45) is 0 Å². The first-order chi connectivity index (χ1) is 11.1. The van der Waals surface area contributed by atoms with Gasteiger partial charge < -0.3 is 4.74 Å². The average molecular weight is 326 g/mol. The van der Waals surface area contributed by atoms with Crippen molar-refractivity contribution in [3.05, 3.63) is 53.6 Å². The minimum atomic E-state index is -0.169. The van der Waals surface area contributed by atoms with Gasteiger partial charge in [0.2, 0.25) is 0 Å². The van der Waals surface area contributed by atoms with Gasteiger partial charge in [-0.25, -0.2) is 4.98 Å². The maximum absolute atomic E-state index is 12.3. The topological polar surface area (TPSA) is 51.2 Å². The van der Waals surface area contributed by atoms with Crippen molar-refractivity contribution in [3.8, 4) is 5.75 Å². The zero-order valence-corrected chi connectivity index (χ0v) is 14.1. The molecule has 0 bridgehead atoms. The fourth-order valence-electron chi connectivity index (χ4n) is 2.40. The number of nitrogens with zero attached hydrogens (tertiary/aromatic N) is 1. The molecule has 0 spiro atoms. The Kier molecular flexibility index (Phi) is 4.30. The van der Waals surface area contributed by atoms with Gasteiger partial charge in [0, 0.05) is 5.56 Å².